The third kappa shape index (κ3) is 1.54. The first-order valence-electron chi connectivity index (χ1n) is 4.26. The van der Waals surface area contributed by atoms with Gasteiger partial charge in [0.05, 0.1) is 6.61 Å². The summed E-state index contributed by atoms with van der Waals surface area (Å²) in [6, 6.07) is 3.29. The van der Waals surface area contributed by atoms with Crippen LogP contribution in [0.1, 0.15) is 21.5 Å². The van der Waals surface area contributed by atoms with Crippen molar-refractivity contribution in [3.63, 3.8) is 0 Å². The summed E-state index contributed by atoms with van der Waals surface area (Å²) in [7, 11) is 0. The van der Waals surface area contributed by atoms with Gasteiger partial charge in [0.1, 0.15) is 0 Å². The van der Waals surface area contributed by atoms with Crippen molar-refractivity contribution >= 4 is 22.6 Å². The van der Waals surface area contributed by atoms with E-state index in [4.69, 9.17) is 4.74 Å². The van der Waals surface area contributed by atoms with E-state index in [0.717, 1.165) is 17.5 Å². The summed E-state index contributed by atoms with van der Waals surface area (Å²) in [6.45, 7) is 2.62. The third-order valence-electron chi connectivity index (χ3n) is 2.30. The van der Waals surface area contributed by atoms with Gasteiger partial charge in [0, 0.05) is 9.49 Å². The van der Waals surface area contributed by atoms with Crippen molar-refractivity contribution in [2.45, 2.75) is 17.3 Å². The fourth-order valence-corrected chi connectivity index (χ4v) is 2.64. The highest BCUT2D eigenvalue weighted by atomic mass is 127. The molecule has 0 N–H and O–H groups in total. The summed E-state index contributed by atoms with van der Waals surface area (Å²) in [5.41, 5.74) is 2.15. The Morgan fingerprint density at radius 2 is 2.31 bits per heavy atom. The van der Waals surface area contributed by atoms with E-state index in [9.17, 15) is 4.39 Å². The number of hydrogen-bond donors (Lipinski definition) is 0. The van der Waals surface area contributed by atoms with Crippen LogP contribution in [0.3, 0.4) is 0 Å². The second kappa shape index (κ2) is 3.44. The summed E-state index contributed by atoms with van der Waals surface area (Å²) in [4.78, 5) is 0. The lowest BCUT2D eigenvalue weighted by atomic mass is 10.0. The number of hydrogen-bond acceptors (Lipinski definition) is 1. The van der Waals surface area contributed by atoms with Crippen molar-refractivity contribution in [1.82, 2.24) is 0 Å². The van der Waals surface area contributed by atoms with Gasteiger partial charge in [0.2, 0.25) is 0 Å². The van der Waals surface area contributed by atoms with Gasteiger partial charge in [-0.2, -0.15) is 0 Å². The van der Waals surface area contributed by atoms with Gasteiger partial charge >= 0.3 is 0 Å². The summed E-state index contributed by atoms with van der Waals surface area (Å²) >= 11 is 2.34. The number of halogens is 2. The zero-order valence-electron chi connectivity index (χ0n) is 7.31. The van der Waals surface area contributed by atoms with Gasteiger partial charge in [0.15, 0.2) is 11.6 Å². The molecule has 0 aliphatic carbocycles. The molecule has 1 unspecified atom stereocenters. The molecule has 1 aliphatic rings. The maximum Gasteiger partial charge on any atom is 0.165 e. The van der Waals surface area contributed by atoms with Gasteiger partial charge < -0.3 is 4.74 Å². The van der Waals surface area contributed by atoms with Gasteiger partial charge in [-0.05, 0) is 25.0 Å². The van der Waals surface area contributed by atoms with Crippen LogP contribution in [-0.4, -0.2) is 6.61 Å². The van der Waals surface area contributed by atoms with E-state index in [-0.39, 0.29) is 5.82 Å². The van der Waals surface area contributed by atoms with Gasteiger partial charge in [-0.1, -0.05) is 28.7 Å². The molecule has 1 atom stereocenters. The smallest absolute Gasteiger partial charge is 0.165 e. The molecule has 3 heteroatoms. The zero-order chi connectivity index (χ0) is 9.42. The number of aryl methyl sites for hydroxylation is 1. The van der Waals surface area contributed by atoms with Crippen molar-refractivity contribution in [3.05, 3.63) is 29.1 Å². The molecule has 0 amide bonds. The number of benzene rings is 1. The first-order valence-corrected chi connectivity index (χ1v) is 5.50. The van der Waals surface area contributed by atoms with Crippen molar-refractivity contribution in [3.8, 4) is 5.75 Å². The SMILES string of the molecule is Cc1ccc(F)c2c1C(I)CCO2. The molecule has 1 aromatic rings. The van der Waals surface area contributed by atoms with Crippen molar-refractivity contribution in [1.29, 1.82) is 0 Å². The van der Waals surface area contributed by atoms with Gasteiger partial charge in [-0.3, -0.25) is 0 Å². The van der Waals surface area contributed by atoms with Crippen LogP contribution in [0.25, 0.3) is 0 Å². The van der Waals surface area contributed by atoms with E-state index in [1.807, 2.05) is 13.0 Å². The van der Waals surface area contributed by atoms with Crippen LogP contribution in [-0.2, 0) is 0 Å². The summed E-state index contributed by atoms with van der Waals surface area (Å²) in [5, 5.41) is 0. The van der Waals surface area contributed by atoms with E-state index < -0.39 is 0 Å². The Balaban J connectivity index is 2.60. The van der Waals surface area contributed by atoms with Crippen LogP contribution in [0.15, 0.2) is 12.1 Å². The molecule has 0 saturated heterocycles. The van der Waals surface area contributed by atoms with Crippen LogP contribution in [0.4, 0.5) is 4.39 Å². The molecule has 70 valence electrons. The number of ether oxygens (including phenoxy) is 1. The Labute approximate surface area is 90.4 Å². The average molecular weight is 292 g/mol. The molecule has 0 fully saturated rings. The maximum absolute atomic E-state index is 13.3. The van der Waals surface area contributed by atoms with E-state index in [1.165, 1.54) is 6.07 Å². The lowest BCUT2D eigenvalue weighted by Gasteiger charge is -2.23. The van der Waals surface area contributed by atoms with Crippen LogP contribution in [0, 0.1) is 12.7 Å². The van der Waals surface area contributed by atoms with Crippen molar-refractivity contribution in [2.75, 3.05) is 6.61 Å². The monoisotopic (exact) mass is 292 g/mol. The highest BCUT2D eigenvalue weighted by molar-refractivity contribution is 14.1. The van der Waals surface area contributed by atoms with E-state index in [2.05, 4.69) is 22.6 Å². The normalized spacial score (nSPS) is 20.7. The fourth-order valence-electron chi connectivity index (χ4n) is 1.62. The largest absolute Gasteiger partial charge is 0.490 e. The van der Waals surface area contributed by atoms with Gasteiger partial charge in [-0.15, -0.1) is 0 Å². The highest BCUT2D eigenvalue weighted by Gasteiger charge is 2.23. The lowest BCUT2D eigenvalue weighted by Crippen LogP contribution is -2.13. The summed E-state index contributed by atoms with van der Waals surface area (Å²) in [5.74, 6) is 0.229. The Bertz CT molecular complexity index is 338. The van der Waals surface area contributed by atoms with Crippen LogP contribution in [0.5, 0.6) is 5.75 Å². The Morgan fingerprint density at radius 1 is 1.54 bits per heavy atom. The zero-order valence-corrected chi connectivity index (χ0v) is 9.47. The van der Waals surface area contributed by atoms with Crippen LogP contribution < -0.4 is 4.74 Å². The molecule has 1 aliphatic heterocycles. The molecule has 0 spiro atoms. The fraction of sp³-hybridized carbons (Fsp3) is 0.400. The molecular weight excluding hydrogens is 282 g/mol. The average Bonchev–Trinajstić information content (AvgIpc) is 2.12. The van der Waals surface area contributed by atoms with Crippen molar-refractivity contribution in [2.24, 2.45) is 0 Å². The standard InChI is InChI=1S/C10H10FIO/c1-6-2-3-7(11)10-9(6)8(12)4-5-13-10/h2-3,8H,4-5H2,1H3. The molecular formula is C10H10FIO. The second-order valence-electron chi connectivity index (χ2n) is 3.21. The molecule has 2 rings (SSSR count). The minimum Gasteiger partial charge on any atom is -0.490 e. The molecule has 0 radical (unpaired) electrons. The molecule has 0 bridgehead atoms. The topological polar surface area (TPSA) is 9.23 Å². The first kappa shape index (κ1) is 9.24. The van der Waals surface area contributed by atoms with Gasteiger partial charge in [-0.25, -0.2) is 4.39 Å². The predicted molar refractivity (Wildman–Crippen MR) is 58.0 cm³/mol. The van der Waals surface area contributed by atoms with Crippen LogP contribution in [0.2, 0.25) is 0 Å². The third-order valence-corrected chi connectivity index (χ3v) is 3.54. The summed E-state index contributed by atoms with van der Waals surface area (Å²) < 4.78 is 19.0. The molecule has 1 nitrogen and oxygen atoms in total. The molecule has 0 aromatic heterocycles. The Kier molecular flexibility index (Phi) is 2.45. The summed E-state index contributed by atoms with van der Waals surface area (Å²) in [6.07, 6.45) is 0.970. The van der Waals surface area contributed by atoms with Crippen molar-refractivity contribution < 1.29 is 9.13 Å². The molecule has 1 heterocycles. The van der Waals surface area contributed by atoms with Crippen LogP contribution >= 0.6 is 22.6 Å². The molecule has 0 saturated carbocycles. The van der Waals surface area contributed by atoms with E-state index in [1.54, 1.807) is 0 Å². The van der Waals surface area contributed by atoms with Gasteiger partial charge in [0.25, 0.3) is 0 Å². The Morgan fingerprint density at radius 3 is 3.00 bits per heavy atom. The number of alkyl halides is 1. The minimum atomic E-state index is -0.234. The van der Waals surface area contributed by atoms with E-state index in [0.29, 0.717) is 16.3 Å². The highest BCUT2D eigenvalue weighted by Crippen LogP contribution is 2.41. The van der Waals surface area contributed by atoms with E-state index >= 15 is 0 Å². The molecule has 1 aromatic carbocycles. The molecule has 13 heavy (non-hydrogen) atoms. The number of rotatable bonds is 0. The minimum absolute atomic E-state index is 0.234. The maximum atomic E-state index is 13.3. The predicted octanol–water partition coefficient (Wildman–Crippen LogP) is 3.39. The lowest BCUT2D eigenvalue weighted by molar-refractivity contribution is 0.273. The Hall–Kier alpha value is -0.320. The quantitative estimate of drug-likeness (QED) is 0.526. The number of fused-ring (bicyclic) bond motifs is 1. The second-order valence-corrected chi connectivity index (χ2v) is 4.72. The first-order chi connectivity index (χ1) is 6.20.